The molecular weight excluding hydrogens is 324 g/mol. The number of pyridine rings is 1. The minimum atomic E-state index is -0.279. The van der Waals surface area contributed by atoms with Crippen LogP contribution >= 0.6 is 0 Å². The topological polar surface area (TPSA) is 127 Å². The van der Waals surface area contributed by atoms with Crippen molar-refractivity contribution in [2.24, 2.45) is 0 Å². The fourth-order valence-electron chi connectivity index (χ4n) is 2.39. The molecule has 1 amide bonds. The van der Waals surface area contributed by atoms with Gasteiger partial charge in [-0.25, -0.2) is 0 Å². The van der Waals surface area contributed by atoms with Gasteiger partial charge in [-0.1, -0.05) is 5.16 Å². The number of aromatic nitrogens is 7. The highest BCUT2D eigenvalue weighted by Crippen LogP contribution is 2.18. The quantitative estimate of drug-likeness (QED) is 0.569. The van der Waals surface area contributed by atoms with Crippen LogP contribution in [0.1, 0.15) is 27.8 Å². The molecule has 126 valence electrons. The van der Waals surface area contributed by atoms with Crippen LogP contribution in [-0.4, -0.2) is 40.8 Å². The zero-order chi connectivity index (χ0) is 17.4. The van der Waals surface area contributed by atoms with E-state index in [0.717, 1.165) is 11.3 Å². The molecule has 10 heteroatoms. The summed E-state index contributed by atoms with van der Waals surface area (Å²) >= 11 is 0. The fourth-order valence-corrected chi connectivity index (χ4v) is 2.39. The predicted molar refractivity (Wildman–Crippen MR) is 85.5 cm³/mol. The van der Waals surface area contributed by atoms with Crippen LogP contribution in [0.3, 0.4) is 0 Å². The molecule has 4 rings (SSSR count). The number of amides is 1. The van der Waals surface area contributed by atoms with E-state index in [1.165, 1.54) is 0 Å². The third-order valence-electron chi connectivity index (χ3n) is 3.60. The summed E-state index contributed by atoms with van der Waals surface area (Å²) in [4.78, 5) is 16.2. The van der Waals surface area contributed by atoms with E-state index in [-0.39, 0.29) is 12.5 Å². The summed E-state index contributed by atoms with van der Waals surface area (Å²) < 4.78 is 6.93. The van der Waals surface area contributed by atoms with Crippen molar-refractivity contribution in [3.05, 3.63) is 47.4 Å². The average molecular weight is 338 g/mol. The van der Waals surface area contributed by atoms with Crippen molar-refractivity contribution in [2.45, 2.75) is 20.4 Å². The largest absolute Gasteiger partial charge is 0.343 e. The molecule has 0 aliphatic carbocycles. The molecular formula is C15H14N8O2. The number of hydrogen-bond donors (Lipinski definition) is 2. The highest BCUT2D eigenvalue weighted by Gasteiger charge is 2.13. The number of hydrogen-bond acceptors (Lipinski definition) is 7. The Kier molecular flexibility index (Phi) is 3.49. The number of nitrogens with one attached hydrogen (secondary N) is 2. The first-order valence-electron chi connectivity index (χ1n) is 7.55. The second-order valence-electron chi connectivity index (χ2n) is 5.53. The van der Waals surface area contributed by atoms with Gasteiger partial charge in [0.1, 0.15) is 5.69 Å². The van der Waals surface area contributed by atoms with Gasteiger partial charge in [0.15, 0.2) is 17.3 Å². The molecule has 0 saturated carbocycles. The monoisotopic (exact) mass is 338 g/mol. The van der Waals surface area contributed by atoms with Crippen LogP contribution in [0.4, 0.5) is 0 Å². The van der Waals surface area contributed by atoms with Crippen molar-refractivity contribution in [2.75, 3.05) is 0 Å². The Morgan fingerprint density at radius 2 is 2.20 bits per heavy atom. The third kappa shape index (κ3) is 2.84. The van der Waals surface area contributed by atoms with Crippen molar-refractivity contribution in [3.63, 3.8) is 0 Å². The number of nitrogens with zero attached hydrogens (tertiary/aromatic N) is 6. The van der Waals surface area contributed by atoms with Gasteiger partial charge in [0, 0.05) is 17.5 Å². The normalized spacial score (nSPS) is 11.1. The van der Waals surface area contributed by atoms with Gasteiger partial charge in [-0.3, -0.25) is 14.3 Å². The van der Waals surface area contributed by atoms with Crippen molar-refractivity contribution < 1.29 is 9.32 Å². The van der Waals surface area contributed by atoms with Crippen LogP contribution in [0.15, 0.2) is 28.9 Å². The van der Waals surface area contributed by atoms with E-state index in [1.807, 2.05) is 13.0 Å². The first kappa shape index (κ1) is 15.0. The number of carbonyl (C=O) groups is 1. The zero-order valence-corrected chi connectivity index (χ0v) is 13.5. The molecule has 25 heavy (non-hydrogen) atoms. The minimum absolute atomic E-state index is 0.227. The van der Waals surface area contributed by atoms with E-state index in [2.05, 4.69) is 35.9 Å². The number of fused-ring (bicyclic) bond motifs is 1. The lowest BCUT2D eigenvalue weighted by Gasteiger charge is -2.02. The second-order valence-corrected chi connectivity index (χ2v) is 5.53. The molecule has 2 N–H and O–H groups in total. The fraction of sp³-hybridized carbons (Fsp3) is 0.200. The lowest BCUT2D eigenvalue weighted by molar-refractivity contribution is 0.0944. The van der Waals surface area contributed by atoms with Gasteiger partial charge in [-0.05, 0) is 32.0 Å². The average Bonchev–Trinajstić information content (AvgIpc) is 3.32. The summed E-state index contributed by atoms with van der Waals surface area (Å²) in [6.45, 7) is 3.81. The van der Waals surface area contributed by atoms with Crippen LogP contribution in [0.2, 0.25) is 0 Å². The number of H-pyrrole nitrogens is 1. The van der Waals surface area contributed by atoms with Gasteiger partial charge in [0.25, 0.3) is 11.8 Å². The summed E-state index contributed by atoms with van der Waals surface area (Å²) in [5, 5.41) is 21.4. The Morgan fingerprint density at radius 3 is 2.92 bits per heavy atom. The molecule has 0 atom stereocenters. The molecule has 0 saturated heterocycles. The first-order valence-corrected chi connectivity index (χ1v) is 7.55. The summed E-state index contributed by atoms with van der Waals surface area (Å²) in [7, 11) is 0. The molecule has 0 unspecified atom stereocenters. The van der Waals surface area contributed by atoms with Crippen LogP contribution in [-0.2, 0) is 6.54 Å². The van der Waals surface area contributed by atoms with Gasteiger partial charge < -0.3 is 9.84 Å². The zero-order valence-electron chi connectivity index (χ0n) is 13.5. The van der Waals surface area contributed by atoms with Gasteiger partial charge in [0.05, 0.1) is 6.54 Å². The smallest absolute Gasteiger partial charge is 0.272 e. The summed E-state index contributed by atoms with van der Waals surface area (Å²) in [5.41, 5.74) is 2.53. The summed E-state index contributed by atoms with van der Waals surface area (Å²) in [6.07, 6.45) is 1.80. The van der Waals surface area contributed by atoms with Crippen molar-refractivity contribution in [1.82, 2.24) is 40.3 Å². The highest BCUT2D eigenvalue weighted by molar-refractivity contribution is 5.92. The molecule has 0 spiro atoms. The van der Waals surface area contributed by atoms with Gasteiger partial charge in [0.2, 0.25) is 0 Å². The molecule has 4 aromatic heterocycles. The molecule has 4 heterocycles. The van der Waals surface area contributed by atoms with Gasteiger partial charge in [-0.15, -0.1) is 10.2 Å². The first-order chi connectivity index (χ1) is 12.1. The third-order valence-corrected chi connectivity index (χ3v) is 3.60. The molecule has 0 aliphatic rings. The van der Waals surface area contributed by atoms with E-state index in [9.17, 15) is 4.79 Å². The molecule has 4 aromatic rings. The van der Waals surface area contributed by atoms with Crippen molar-refractivity contribution in [3.8, 4) is 11.5 Å². The van der Waals surface area contributed by atoms with Crippen LogP contribution < -0.4 is 5.32 Å². The Morgan fingerprint density at radius 1 is 1.32 bits per heavy atom. The Hall–Kier alpha value is -3.56. The summed E-state index contributed by atoms with van der Waals surface area (Å²) in [6, 6.07) is 5.30. The SMILES string of the molecule is Cc1noc(-c2ccn3c(CNC(=O)c4cc(C)[nH]n4)nnc3c2)n1. The van der Waals surface area contributed by atoms with Gasteiger partial charge in [-0.2, -0.15) is 10.1 Å². The minimum Gasteiger partial charge on any atom is -0.343 e. The molecule has 0 aliphatic heterocycles. The van der Waals surface area contributed by atoms with Crippen LogP contribution in [0.5, 0.6) is 0 Å². The maximum Gasteiger partial charge on any atom is 0.272 e. The number of aryl methyl sites for hydroxylation is 2. The molecule has 0 radical (unpaired) electrons. The molecule has 0 bridgehead atoms. The molecule has 0 aromatic carbocycles. The number of carbonyl (C=O) groups excluding carboxylic acids is 1. The second kappa shape index (κ2) is 5.82. The Balaban J connectivity index is 1.54. The lowest BCUT2D eigenvalue weighted by Crippen LogP contribution is -2.24. The molecule has 0 fully saturated rings. The Labute approximate surface area is 141 Å². The van der Waals surface area contributed by atoms with Crippen molar-refractivity contribution in [1.29, 1.82) is 0 Å². The predicted octanol–water partition coefficient (Wildman–Crippen LogP) is 1.05. The van der Waals surface area contributed by atoms with E-state index in [1.54, 1.807) is 29.7 Å². The standard InChI is InChI=1S/C15H14N8O2/c1-8-5-11(19-18-8)14(24)16-7-13-21-20-12-6-10(3-4-23(12)13)15-17-9(2)22-25-15/h3-6H,7H2,1-2H3,(H,16,24)(H,18,19). The lowest BCUT2D eigenvalue weighted by atomic mass is 10.2. The maximum atomic E-state index is 12.1. The maximum absolute atomic E-state index is 12.1. The van der Waals surface area contributed by atoms with E-state index in [4.69, 9.17) is 4.52 Å². The molecule has 10 nitrogen and oxygen atoms in total. The van der Waals surface area contributed by atoms with Crippen molar-refractivity contribution >= 4 is 11.6 Å². The van der Waals surface area contributed by atoms with Crippen LogP contribution in [0.25, 0.3) is 17.1 Å². The summed E-state index contributed by atoms with van der Waals surface area (Å²) in [5.74, 6) is 1.31. The number of rotatable bonds is 4. The van der Waals surface area contributed by atoms with Crippen LogP contribution in [0, 0.1) is 13.8 Å². The Bertz CT molecular complexity index is 1060. The van der Waals surface area contributed by atoms with Gasteiger partial charge >= 0.3 is 0 Å². The van der Waals surface area contributed by atoms with E-state index in [0.29, 0.717) is 28.9 Å². The van der Waals surface area contributed by atoms with E-state index >= 15 is 0 Å². The number of aromatic amines is 1. The highest BCUT2D eigenvalue weighted by atomic mass is 16.5. The van der Waals surface area contributed by atoms with E-state index < -0.39 is 0 Å².